The van der Waals surface area contributed by atoms with Crippen molar-refractivity contribution in [2.75, 3.05) is 19.5 Å². The summed E-state index contributed by atoms with van der Waals surface area (Å²) in [5, 5.41) is 13.9. The zero-order valence-corrected chi connectivity index (χ0v) is 17.9. The number of ether oxygens (including phenoxy) is 2. The Morgan fingerprint density at radius 1 is 1.07 bits per heavy atom. The van der Waals surface area contributed by atoms with Crippen LogP contribution in [-0.2, 0) is 0 Å². The molecule has 0 bridgehead atoms. The van der Waals surface area contributed by atoms with Crippen molar-refractivity contribution in [3.05, 3.63) is 53.3 Å². The van der Waals surface area contributed by atoms with Gasteiger partial charge in [-0.05, 0) is 49.7 Å². The fraction of sp³-hybridized carbons (Fsp3) is 0.227. The molecule has 0 amide bonds. The second-order valence-electron chi connectivity index (χ2n) is 6.79. The summed E-state index contributed by atoms with van der Waals surface area (Å²) in [5.41, 5.74) is 1.72. The van der Waals surface area contributed by atoms with Gasteiger partial charge in [0.1, 0.15) is 11.6 Å². The van der Waals surface area contributed by atoms with Crippen LogP contribution in [0, 0.1) is 6.92 Å². The number of anilines is 1. The molecule has 1 unspecified atom stereocenters. The molecular weight excluding hydrogens is 400 g/mol. The lowest BCUT2D eigenvalue weighted by Gasteiger charge is -2.18. The van der Waals surface area contributed by atoms with Crippen molar-refractivity contribution in [3.63, 3.8) is 0 Å². The van der Waals surface area contributed by atoms with Crippen LogP contribution in [0.15, 0.2) is 42.6 Å². The summed E-state index contributed by atoms with van der Waals surface area (Å²) in [7, 11) is 3.22. The number of methoxy groups -OCH3 is 2. The van der Waals surface area contributed by atoms with Gasteiger partial charge in [-0.2, -0.15) is 0 Å². The summed E-state index contributed by atoms with van der Waals surface area (Å²) < 4.78 is 11.1. The fourth-order valence-corrected chi connectivity index (χ4v) is 4.36. The van der Waals surface area contributed by atoms with Crippen LogP contribution < -0.4 is 14.8 Å². The minimum atomic E-state index is -0.00686. The van der Waals surface area contributed by atoms with Crippen molar-refractivity contribution < 1.29 is 14.6 Å². The second kappa shape index (κ2) is 8.16. The first kappa shape index (κ1) is 19.9. The van der Waals surface area contributed by atoms with Gasteiger partial charge < -0.3 is 19.9 Å². The first-order valence-corrected chi connectivity index (χ1v) is 10.2. The highest BCUT2D eigenvalue weighted by Crippen LogP contribution is 2.40. The lowest BCUT2D eigenvalue weighted by molar-refractivity contribution is 0.358. The quantitative estimate of drug-likeness (QED) is 0.454. The zero-order chi connectivity index (χ0) is 21.3. The van der Waals surface area contributed by atoms with E-state index < -0.39 is 0 Å². The van der Waals surface area contributed by atoms with Crippen LogP contribution in [0.1, 0.15) is 23.7 Å². The molecule has 4 aromatic rings. The number of aryl methyl sites for hydroxylation is 1. The van der Waals surface area contributed by atoms with Crippen molar-refractivity contribution in [1.82, 2.24) is 15.0 Å². The first-order chi connectivity index (χ1) is 14.5. The van der Waals surface area contributed by atoms with E-state index in [0.29, 0.717) is 23.1 Å². The van der Waals surface area contributed by atoms with Crippen LogP contribution in [0.4, 0.5) is 5.82 Å². The van der Waals surface area contributed by atoms with E-state index in [9.17, 15) is 5.11 Å². The Morgan fingerprint density at radius 2 is 1.90 bits per heavy atom. The number of hydrogen-bond donors (Lipinski definition) is 2. The number of fused-ring (bicyclic) bond motifs is 1. The zero-order valence-electron chi connectivity index (χ0n) is 17.1. The Bertz CT molecular complexity index is 1210. The molecule has 3 heterocycles. The lowest BCUT2D eigenvalue weighted by atomic mass is 10.1. The fourth-order valence-electron chi connectivity index (χ4n) is 3.35. The van der Waals surface area contributed by atoms with Crippen LogP contribution in [0.25, 0.3) is 21.3 Å². The summed E-state index contributed by atoms with van der Waals surface area (Å²) in [6.07, 6.45) is 1.60. The molecule has 154 valence electrons. The minimum Gasteiger partial charge on any atom is -0.493 e. The Hall–Kier alpha value is -3.39. The topological polar surface area (TPSA) is 89.4 Å². The maximum absolute atomic E-state index is 9.65. The Labute approximate surface area is 178 Å². The molecule has 30 heavy (non-hydrogen) atoms. The normalized spacial score (nSPS) is 12.0. The van der Waals surface area contributed by atoms with Gasteiger partial charge in [0.05, 0.1) is 31.2 Å². The van der Waals surface area contributed by atoms with E-state index in [-0.39, 0.29) is 11.9 Å². The largest absolute Gasteiger partial charge is 0.493 e. The van der Waals surface area contributed by atoms with E-state index in [2.05, 4.69) is 33.3 Å². The highest BCUT2D eigenvalue weighted by atomic mass is 32.1. The summed E-state index contributed by atoms with van der Waals surface area (Å²) in [5.74, 6) is 2.60. The van der Waals surface area contributed by atoms with Crippen LogP contribution in [0.2, 0.25) is 0 Å². The number of hydrogen-bond acceptors (Lipinski definition) is 8. The van der Waals surface area contributed by atoms with Gasteiger partial charge >= 0.3 is 0 Å². The van der Waals surface area contributed by atoms with Crippen molar-refractivity contribution in [2.24, 2.45) is 0 Å². The second-order valence-corrected chi connectivity index (χ2v) is 7.90. The number of pyridine rings is 1. The van der Waals surface area contributed by atoms with Gasteiger partial charge in [-0.1, -0.05) is 0 Å². The SMILES string of the molecule is COc1ccc2nc(C)nc(NC(C)c3ccc(-c4ccnc(O)c4)s3)c2c1OC. The van der Waals surface area contributed by atoms with E-state index in [1.54, 1.807) is 37.8 Å². The first-order valence-electron chi connectivity index (χ1n) is 9.41. The molecule has 3 aromatic heterocycles. The van der Waals surface area contributed by atoms with E-state index in [1.807, 2.05) is 31.2 Å². The van der Waals surface area contributed by atoms with E-state index in [1.165, 1.54) is 0 Å². The summed E-state index contributed by atoms with van der Waals surface area (Å²) in [6.45, 7) is 3.95. The number of rotatable bonds is 6. The third-order valence-corrected chi connectivity index (χ3v) is 6.07. The molecule has 0 saturated carbocycles. The molecule has 0 fully saturated rings. The molecule has 1 aromatic carbocycles. The summed E-state index contributed by atoms with van der Waals surface area (Å²) >= 11 is 1.65. The van der Waals surface area contributed by atoms with Crippen LogP contribution in [-0.4, -0.2) is 34.3 Å². The third-order valence-electron chi connectivity index (χ3n) is 4.75. The molecule has 8 heteroatoms. The molecule has 1 atom stereocenters. The van der Waals surface area contributed by atoms with Crippen LogP contribution in [0.3, 0.4) is 0 Å². The van der Waals surface area contributed by atoms with Crippen molar-refractivity contribution >= 4 is 28.1 Å². The smallest absolute Gasteiger partial charge is 0.211 e. The van der Waals surface area contributed by atoms with Crippen molar-refractivity contribution in [1.29, 1.82) is 0 Å². The molecule has 0 aliphatic carbocycles. The summed E-state index contributed by atoms with van der Waals surface area (Å²) in [4.78, 5) is 15.2. The molecule has 0 spiro atoms. The average molecular weight is 423 g/mol. The predicted molar refractivity (Wildman–Crippen MR) is 119 cm³/mol. The predicted octanol–water partition coefficient (Wildman–Crippen LogP) is 4.96. The lowest BCUT2D eigenvalue weighted by Crippen LogP contribution is -2.09. The van der Waals surface area contributed by atoms with Gasteiger partial charge in [0.25, 0.3) is 0 Å². The average Bonchev–Trinajstić information content (AvgIpc) is 3.23. The maximum atomic E-state index is 9.65. The standard InChI is InChI=1S/C22H22N4O3S/c1-12(17-7-8-18(30-17)14-9-10-23-19(27)11-14)24-22-20-15(25-13(2)26-22)5-6-16(28-3)21(20)29-4/h5-12H,1-4H3,(H,23,27)(H,24,25,26). The maximum Gasteiger partial charge on any atom is 0.211 e. The molecule has 0 saturated heterocycles. The van der Waals surface area contributed by atoms with Gasteiger partial charge in [0.2, 0.25) is 5.88 Å². The number of nitrogens with one attached hydrogen (secondary N) is 1. The third kappa shape index (κ3) is 3.73. The molecule has 0 radical (unpaired) electrons. The van der Waals surface area contributed by atoms with Crippen LogP contribution >= 0.6 is 11.3 Å². The van der Waals surface area contributed by atoms with Gasteiger partial charge in [-0.25, -0.2) is 15.0 Å². The Morgan fingerprint density at radius 3 is 2.63 bits per heavy atom. The molecule has 7 nitrogen and oxygen atoms in total. The van der Waals surface area contributed by atoms with Gasteiger partial charge in [-0.15, -0.1) is 11.3 Å². The number of nitrogens with zero attached hydrogens (tertiary/aromatic N) is 3. The summed E-state index contributed by atoms with van der Waals surface area (Å²) in [6, 6.07) is 11.4. The van der Waals surface area contributed by atoms with Gasteiger partial charge in [0, 0.05) is 22.0 Å². The van der Waals surface area contributed by atoms with Crippen molar-refractivity contribution in [2.45, 2.75) is 19.9 Å². The van der Waals surface area contributed by atoms with Gasteiger partial charge in [-0.3, -0.25) is 0 Å². The highest BCUT2D eigenvalue weighted by molar-refractivity contribution is 7.15. The number of thiophene rings is 1. The molecule has 4 rings (SSSR count). The van der Waals surface area contributed by atoms with Gasteiger partial charge in [0.15, 0.2) is 11.5 Å². The van der Waals surface area contributed by atoms with E-state index in [0.717, 1.165) is 26.2 Å². The van der Waals surface area contributed by atoms with E-state index in [4.69, 9.17) is 9.47 Å². The Kier molecular flexibility index (Phi) is 5.41. The molecule has 0 aliphatic heterocycles. The van der Waals surface area contributed by atoms with Crippen molar-refractivity contribution in [3.8, 4) is 27.8 Å². The Balaban J connectivity index is 1.70. The minimum absolute atomic E-state index is 0.00686. The van der Waals surface area contributed by atoms with Crippen LogP contribution in [0.5, 0.6) is 17.4 Å². The van der Waals surface area contributed by atoms with E-state index >= 15 is 0 Å². The number of aromatic hydroxyl groups is 1. The number of aromatic nitrogens is 3. The molecular formula is C22H22N4O3S. The number of benzene rings is 1. The molecule has 0 aliphatic rings. The molecule has 2 N–H and O–H groups in total. The monoisotopic (exact) mass is 422 g/mol. The highest BCUT2D eigenvalue weighted by Gasteiger charge is 2.18.